The third-order valence-electron chi connectivity index (χ3n) is 3.41. The molecule has 0 bridgehead atoms. The third-order valence-corrected chi connectivity index (χ3v) is 3.90. The number of hydrogen-bond donors (Lipinski definition) is 1. The van der Waals surface area contributed by atoms with Gasteiger partial charge in [0.25, 0.3) is 0 Å². The number of anilines is 1. The number of benzene rings is 2. The Kier molecular flexibility index (Phi) is 2.82. The Morgan fingerprint density at radius 1 is 1.21 bits per heavy atom. The molecule has 0 aliphatic heterocycles. The Morgan fingerprint density at radius 2 is 2.00 bits per heavy atom. The monoisotopic (exact) mass is 315 g/mol. The van der Waals surface area contributed by atoms with Crippen LogP contribution in [0, 0.1) is 6.92 Å². The lowest BCUT2D eigenvalue weighted by atomic mass is 10.1. The fourth-order valence-corrected chi connectivity index (χ4v) is 2.64. The van der Waals surface area contributed by atoms with Crippen molar-refractivity contribution in [2.45, 2.75) is 6.92 Å². The van der Waals surface area contributed by atoms with Crippen molar-refractivity contribution in [1.29, 1.82) is 0 Å². The molecular weight excluding hydrogens is 302 g/mol. The van der Waals surface area contributed by atoms with Gasteiger partial charge in [0.15, 0.2) is 0 Å². The first-order chi connectivity index (χ1) is 9.08. The highest BCUT2D eigenvalue weighted by atomic mass is 79.9. The summed E-state index contributed by atoms with van der Waals surface area (Å²) in [5.74, 6) is 0.898. The highest BCUT2D eigenvalue weighted by Gasteiger charge is 2.13. The second-order valence-electron chi connectivity index (χ2n) is 4.66. The summed E-state index contributed by atoms with van der Waals surface area (Å²) in [6, 6.07) is 12.1. The number of para-hydroxylation sites is 1. The Bertz CT molecular complexity index is 774. The van der Waals surface area contributed by atoms with Crippen LogP contribution in [0.4, 0.5) is 5.69 Å². The molecule has 0 amide bonds. The molecule has 0 aliphatic rings. The SMILES string of the molecule is Cc1cccc(-c2nc3cc(Br)ccc3n2C)c1N. The quantitative estimate of drug-likeness (QED) is 0.692. The number of hydrogen-bond acceptors (Lipinski definition) is 2. The zero-order chi connectivity index (χ0) is 13.6. The minimum absolute atomic E-state index is 0.792. The van der Waals surface area contributed by atoms with Crippen LogP contribution in [0.25, 0.3) is 22.4 Å². The van der Waals surface area contributed by atoms with Gasteiger partial charge in [0.2, 0.25) is 0 Å². The molecule has 96 valence electrons. The lowest BCUT2D eigenvalue weighted by Gasteiger charge is -2.08. The number of nitrogens with zero attached hydrogens (tertiary/aromatic N) is 2. The second kappa shape index (κ2) is 4.38. The van der Waals surface area contributed by atoms with E-state index in [1.807, 2.05) is 44.3 Å². The van der Waals surface area contributed by atoms with Gasteiger partial charge in [0.05, 0.1) is 11.0 Å². The van der Waals surface area contributed by atoms with E-state index in [4.69, 9.17) is 10.7 Å². The van der Waals surface area contributed by atoms with Crippen molar-refractivity contribution >= 4 is 32.7 Å². The summed E-state index contributed by atoms with van der Waals surface area (Å²) in [7, 11) is 2.01. The van der Waals surface area contributed by atoms with Gasteiger partial charge >= 0.3 is 0 Å². The van der Waals surface area contributed by atoms with Crippen molar-refractivity contribution in [3.05, 3.63) is 46.4 Å². The summed E-state index contributed by atoms with van der Waals surface area (Å²) in [5.41, 5.74) is 11.1. The molecule has 19 heavy (non-hydrogen) atoms. The fraction of sp³-hybridized carbons (Fsp3) is 0.133. The van der Waals surface area contributed by atoms with Crippen LogP contribution in [0.5, 0.6) is 0 Å². The van der Waals surface area contributed by atoms with E-state index in [1.165, 1.54) is 0 Å². The van der Waals surface area contributed by atoms with E-state index in [0.717, 1.165) is 38.1 Å². The largest absolute Gasteiger partial charge is 0.398 e. The van der Waals surface area contributed by atoms with Crippen LogP contribution in [0.2, 0.25) is 0 Å². The normalized spacial score (nSPS) is 11.1. The molecule has 3 rings (SSSR count). The smallest absolute Gasteiger partial charge is 0.142 e. The predicted molar refractivity (Wildman–Crippen MR) is 83.0 cm³/mol. The fourth-order valence-electron chi connectivity index (χ4n) is 2.29. The summed E-state index contributed by atoms with van der Waals surface area (Å²) in [5, 5.41) is 0. The van der Waals surface area contributed by atoms with E-state index in [0.29, 0.717) is 0 Å². The van der Waals surface area contributed by atoms with Crippen molar-refractivity contribution in [1.82, 2.24) is 9.55 Å². The van der Waals surface area contributed by atoms with Crippen molar-refractivity contribution in [3.8, 4) is 11.4 Å². The maximum Gasteiger partial charge on any atom is 0.142 e. The molecule has 1 heterocycles. The van der Waals surface area contributed by atoms with Gasteiger partial charge in [0, 0.05) is 22.8 Å². The number of aryl methyl sites for hydroxylation is 2. The van der Waals surface area contributed by atoms with E-state index in [9.17, 15) is 0 Å². The number of aromatic nitrogens is 2. The molecule has 0 saturated carbocycles. The first-order valence-corrected chi connectivity index (χ1v) is 6.84. The van der Waals surface area contributed by atoms with Crippen LogP contribution in [0.15, 0.2) is 40.9 Å². The van der Waals surface area contributed by atoms with Crippen molar-refractivity contribution in [2.24, 2.45) is 7.05 Å². The number of nitrogen functional groups attached to an aromatic ring is 1. The van der Waals surface area contributed by atoms with Crippen LogP contribution in [-0.2, 0) is 7.05 Å². The summed E-state index contributed by atoms with van der Waals surface area (Å²) in [6.07, 6.45) is 0. The Morgan fingerprint density at radius 3 is 2.79 bits per heavy atom. The standard InChI is InChI=1S/C15H14BrN3/c1-9-4-3-5-11(14(9)17)15-18-12-8-10(16)6-7-13(12)19(15)2/h3-8H,17H2,1-2H3. The molecule has 0 atom stereocenters. The number of rotatable bonds is 1. The van der Waals surface area contributed by atoms with Crippen LogP contribution >= 0.6 is 15.9 Å². The van der Waals surface area contributed by atoms with E-state index < -0.39 is 0 Å². The molecule has 0 aliphatic carbocycles. The molecule has 0 unspecified atom stereocenters. The molecule has 2 N–H and O–H groups in total. The van der Waals surface area contributed by atoms with Crippen molar-refractivity contribution in [2.75, 3.05) is 5.73 Å². The van der Waals surface area contributed by atoms with Crippen LogP contribution in [0.1, 0.15) is 5.56 Å². The van der Waals surface area contributed by atoms with Crippen molar-refractivity contribution in [3.63, 3.8) is 0 Å². The van der Waals surface area contributed by atoms with Gasteiger partial charge < -0.3 is 10.3 Å². The van der Waals surface area contributed by atoms with E-state index in [2.05, 4.69) is 26.6 Å². The Labute approximate surface area is 120 Å². The highest BCUT2D eigenvalue weighted by molar-refractivity contribution is 9.10. The molecular formula is C15H14BrN3. The van der Waals surface area contributed by atoms with Crippen LogP contribution in [0.3, 0.4) is 0 Å². The predicted octanol–water partition coefficient (Wildman–Crippen LogP) is 3.89. The Hall–Kier alpha value is -1.81. The summed E-state index contributed by atoms with van der Waals surface area (Å²) in [6.45, 7) is 2.01. The lowest BCUT2D eigenvalue weighted by molar-refractivity contribution is 0.959. The Balaban J connectivity index is 2.31. The highest BCUT2D eigenvalue weighted by Crippen LogP contribution is 2.30. The first kappa shape index (κ1) is 12.2. The average molecular weight is 316 g/mol. The van der Waals surface area contributed by atoms with Gasteiger partial charge in [-0.15, -0.1) is 0 Å². The summed E-state index contributed by atoms with van der Waals surface area (Å²) < 4.78 is 3.11. The number of halogens is 1. The molecule has 4 heteroatoms. The molecule has 1 aromatic heterocycles. The second-order valence-corrected chi connectivity index (χ2v) is 5.58. The molecule has 3 nitrogen and oxygen atoms in total. The minimum atomic E-state index is 0.792. The minimum Gasteiger partial charge on any atom is -0.398 e. The van der Waals surface area contributed by atoms with Gasteiger partial charge in [-0.1, -0.05) is 28.1 Å². The van der Waals surface area contributed by atoms with Gasteiger partial charge in [-0.25, -0.2) is 4.98 Å². The number of nitrogens with two attached hydrogens (primary N) is 1. The summed E-state index contributed by atoms with van der Waals surface area (Å²) in [4.78, 5) is 4.70. The molecule has 2 aromatic carbocycles. The van der Waals surface area contributed by atoms with Crippen molar-refractivity contribution < 1.29 is 0 Å². The zero-order valence-corrected chi connectivity index (χ0v) is 12.4. The maximum absolute atomic E-state index is 6.17. The van der Waals surface area contributed by atoms with Gasteiger partial charge in [-0.3, -0.25) is 0 Å². The molecule has 0 spiro atoms. The third kappa shape index (κ3) is 1.92. The average Bonchev–Trinajstić information content (AvgIpc) is 2.69. The summed E-state index contributed by atoms with van der Waals surface area (Å²) >= 11 is 3.47. The molecule has 3 aromatic rings. The molecule has 0 saturated heterocycles. The number of fused-ring (bicyclic) bond motifs is 1. The van der Waals surface area contributed by atoms with E-state index >= 15 is 0 Å². The zero-order valence-electron chi connectivity index (χ0n) is 10.8. The van der Waals surface area contributed by atoms with E-state index in [1.54, 1.807) is 0 Å². The van der Waals surface area contributed by atoms with Gasteiger partial charge in [0.1, 0.15) is 5.82 Å². The lowest BCUT2D eigenvalue weighted by Crippen LogP contribution is -1.98. The maximum atomic E-state index is 6.17. The molecule has 0 radical (unpaired) electrons. The van der Waals surface area contributed by atoms with Crippen LogP contribution < -0.4 is 5.73 Å². The topological polar surface area (TPSA) is 43.8 Å². The first-order valence-electron chi connectivity index (χ1n) is 6.05. The van der Waals surface area contributed by atoms with Crippen LogP contribution in [-0.4, -0.2) is 9.55 Å². The molecule has 0 fully saturated rings. The van der Waals surface area contributed by atoms with Gasteiger partial charge in [-0.2, -0.15) is 0 Å². The number of imidazole rings is 1. The van der Waals surface area contributed by atoms with Gasteiger partial charge in [-0.05, 0) is 36.8 Å². The van der Waals surface area contributed by atoms with E-state index in [-0.39, 0.29) is 0 Å².